The van der Waals surface area contributed by atoms with Gasteiger partial charge in [0, 0.05) is 12.6 Å². The summed E-state index contributed by atoms with van der Waals surface area (Å²) in [5, 5.41) is 2.94. The van der Waals surface area contributed by atoms with Gasteiger partial charge >= 0.3 is 6.09 Å². The van der Waals surface area contributed by atoms with Crippen molar-refractivity contribution in [3.8, 4) is 0 Å². The van der Waals surface area contributed by atoms with Gasteiger partial charge in [0.1, 0.15) is 12.6 Å². The first-order valence-corrected chi connectivity index (χ1v) is 7.89. The largest absolute Gasteiger partial charge is 0.445 e. The molecule has 1 aliphatic rings. The number of ether oxygens (including phenoxy) is 1. The average Bonchev–Trinajstić information content (AvgIpc) is 3.03. The first kappa shape index (κ1) is 16.3. The first-order chi connectivity index (χ1) is 10.6. The van der Waals surface area contributed by atoms with Gasteiger partial charge < -0.3 is 10.1 Å². The van der Waals surface area contributed by atoms with Gasteiger partial charge in [-0.15, -0.1) is 0 Å². The molecule has 5 heteroatoms. The summed E-state index contributed by atoms with van der Waals surface area (Å²) in [6.07, 6.45) is 1.99. The highest BCUT2D eigenvalue weighted by molar-refractivity contribution is 5.86. The van der Waals surface area contributed by atoms with Crippen molar-refractivity contribution in [1.29, 1.82) is 0 Å². The van der Waals surface area contributed by atoms with E-state index in [2.05, 4.69) is 5.32 Å². The van der Waals surface area contributed by atoms with Crippen LogP contribution in [0.5, 0.6) is 0 Å². The van der Waals surface area contributed by atoms with Crippen molar-refractivity contribution < 1.29 is 14.3 Å². The highest BCUT2D eigenvalue weighted by Crippen LogP contribution is 2.19. The molecule has 1 aromatic rings. The Bertz CT molecular complexity index is 504. The van der Waals surface area contributed by atoms with Gasteiger partial charge in [0.2, 0.25) is 5.91 Å². The maximum Gasteiger partial charge on any atom is 0.410 e. The standard InChI is InChI=1S/C17H24N2O3/c1-3-13(2)18-16(20)15-10-7-11-19(15)17(21)22-12-14-8-5-4-6-9-14/h4-6,8-9,13,15H,3,7,10-12H2,1-2H3,(H,18,20). The van der Waals surface area contributed by atoms with E-state index >= 15 is 0 Å². The Morgan fingerprint density at radius 3 is 2.77 bits per heavy atom. The van der Waals surface area contributed by atoms with E-state index in [1.807, 2.05) is 44.2 Å². The van der Waals surface area contributed by atoms with E-state index < -0.39 is 12.1 Å². The Morgan fingerprint density at radius 2 is 2.09 bits per heavy atom. The summed E-state index contributed by atoms with van der Waals surface area (Å²) < 4.78 is 5.33. The predicted molar refractivity (Wildman–Crippen MR) is 84.3 cm³/mol. The van der Waals surface area contributed by atoms with E-state index in [0.717, 1.165) is 18.4 Å². The molecule has 1 aromatic carbocycles. The number of hydrogen-bond acceptors (Lipinski definition) is 3. The second-order valence-electron chi connectivity index (χ2n) is 5.71. The molecule has 1 aliphatic heterocycles. The highest BCUT2D eigenvalue weighted by Gasteiger charge is 2.35. The molecule has 120 valence electrons. The molecule has 1 saturated heterocycles. The van der Waals surface area contributed by atoms with Crippen molar-refractivity contribution in [2.24, 2.45) is 0 Å². The van der Waals surface area contributed by atoms with E-state index in [0.29, 0.717) is 13.0 Å². The minimum atomic E-state index is -0.411. The summed E-state index contributed by atoms with van der Waals surface area (Å²) in [7, 11) is 0. The Labute approximate surface area is 131 Å². The fourth-order valence-corrected chi connectivity index (χ4v) is 2.50. The molecule has 2 unspecified atom stereocenters. The maximum atomic E-state index is 12.2. The lowest BCUT2D eigenvalue weighted by Gasteiger charge is -2.24. The molecule has 1 fully saturated rings. The number of nitrogens with zero attached hydrogens (tertiary/aromatic N) is 1. The molecule has 0 aromatic heterocycles. The molecule has 0 aliphatic carbocycles. The normalized spacial score (nSPS) is 18.8. The molecule has 1 heterocycles. The van der Waals surface area contributed by atoms with Crippen LogP contribution in [0.1, 0.15) is 38.7 Å². The Morgan fingerprint density at radius 1 is 1.36 bits per heavy atom. The minimum Gasteiger partial charge on any atom is -0.445 e. The van der Waals surface area contributed by atoms with Crippen molar-refractivity contribution in [3.05, 3.63) is 35.9 Å². The minimum absolute atomic E-state index is 0.0801. The average molecular weight is 304 g/mol. The topological polar surface area (TPSA) is 58.6 Å². The summed E-state index contributed by atoms with van der Waals surface area (Å²) in [5.41, 5.74) is 0.940. The monoisotopic (exact) mass is 304 g/mol. The summed E-state index contributed by atoms with van der Waals surface area (Å²) in [5.74, 6) is -0.0801. The number of amides is 2. The molecule has 0 saturated carbocycles. The summed E-state index contributed by atoms with van der Waals surface area (Å²) in [6.45, 7) is 4.79. The molecule has 2 atom stereocenters. The van der Waals surface area contributed by atoms with Crippen LogP contribution in [0.4, 0.5) is 4.79 Å². The Hall–Kier alpha value is -2.04. The first-order valence-electron chi connectivity index (χ1n) is 7.89. The number of carbonyl (C=O) groups is 2. The van der Waals surface area contributed by atoms with Crippen LogP contribution in [0.15, 0.2) is 30.3 Å². The lowest BCUT2D eigenvalue weighted by molar-refractivity contribution is -0.125. The molecule has 0 radical (unpaired) electrons. The van der Waals surface area contributed by atoms with Gasteiger partial charge in [-0.1, -0.05) is 37.3 Å². The number of hydrogen-bond donors (Lipinski definition) is 1. The van der Waals surface area contributed by atoms with Crippen molar-refractivity contribution >= 4 is 12.0 Å². The molecule has 2 rings (SSSR count). The number of benzene rings is 1. The maximum absolute atomic E-state index is 12.2. The van der Waals surface area contributed by atoms with Gasteiger partial charge in [-0.2, -0.15) is 0 Å². The second-order valence-corrected chi connectivity index (χ2v) is 5.71. The van der Waals surface area contributed by atoms with Gasteiger partial charge in [-0.05, 0) is 31.7 Å². The van der Waals surface area contributed by atoms with Gasteiger partial charge in [0.25, 0.3) is 0 Å². The summed E-state index contributed by atoms with van der Waals surface area (Å²) in [4.78, 5) is 26.0. The lowest BCUT2D eigenvalue weighted by atomic mass is 10.2. The fourth-order valence-electron chi connectivity index (χ4n) is 2.50. The third kappa shape index (κ3) is 4.23. The van der Waals surface area contributed by atoms with Gasteiger partial charge in [0.05, 0.1) is 0 Å². The molecule has 5 nitrogen and oxygen atoms in total. The van der Waals surface area contributed by atoms with Crippen molar-refractivity contribution in [2.45, 2.75) is 51.8 Å². The zero-order chi connectivity index (χ0) is 15.9. The number of nitrogens with one attached hydrogen (secondary N) is 1. The third-order valence-electron chi connectivity index (χ3n) is 4.00. The smallest absolute Gasteiger partial charge is 0.410 e. The SMILES string of the molecule is CCC(C)NC(=O)C1CCCN1C(=O)OCc1ccccc1. The number of carbonyl (C=O) groups excluding carboxylic acids is 2. The van der Waals surface area contributed by atoms with Crippen molar-refractivity contribution in [1.82, 2.24) is 10.2 Å². The van der Waals surface area contributed by atoms with Gasteiger partial charge in [-0.25, -0.2) is 4.79 Å². The predicted octanol–water partition coefficient (Wildman–Crippen LogP) is 2.70. The van der Waals surface area contributed by atoms with E-state index in [-0.39, 0.29) is 18.6 Å². The zero-order valence-electron chi connectivity index (χ0n) is 13.2. The quantitative estimate of drug-likeness (QED) is 0.910. The Balaban J connectivity index is 1.89. The fraction of sp³-hybridized carbons (Fsp3) is 0.529. The Kier molecular flexibility index (Phi) is 5.81. The van der Waals surface area contributed by atoms with Crippen LogP contribution >= 0.6 is 0 Å². The molecular weight excluding hydrogens is 280 g/mol. The molecule has 0 spiro atoms. The van der Waals surface area contributed by atoms with Crippen molar-refractivity contribution in [2.75, 3.05) is 6.54 Å². The summed E-state index contributed by atoms with van der Waals surface area (Å²) in [6, 6.07) is 9.26. The van der Waals surface area contributed by atoms with Crippen LogP contribution in [0.2, 0.25) is 0 Å². The van der Waals surface area contributed by atoms with Crippen LogP contribution < -0.4 is 5.32 Å². The molecule has 2 amide bonds. The molecular formula is C17H24N2O3. The van der Waals surface area contributed by atoms with Gasteiger partial charge in [0.15, 0.2) is 0 Å². The van der Waals surface area contributed by atoms with Crippen LogP contribution in [-0.2, 0) is 16.1 Å². The second kappa shape index (κ2) is 7.82. The number of rotatable bonds is 5. The van der Waals surface area contributed by atoms with Crippen LogP contribution in [0.25, 0.3) is 0 Å². The lowest BCUT2D eigenvalue weighted by Crippen LogP contribution is -2.48. The van der Waals surface area contributed by atoms with Gasteiger partial charge in [-0.3, -0.25) is 9.69 Å². The van der Waals surface area contributed by atoms with E-state index in [9.17, 15) is 9.59 Å². The van der Waals surface area contributed by atoms with Crippen LogP contribution in [-0.4, -0.2) is 35.5 Å². The molecule has 1 N–H and O–H groups in total. The van der Waals surface area contributed by atoms with Crippen molar-refractivity contribution in [3.63, 3.8) is 0 Å². The van der Waals surface area contributed by atoms with Crippen LogP contribution in [0, 0.1) is 0 Å². The van der Waals surface area contributed by atoms with E-state index in [1.165, 1.54) is 0 Å². The molecule has 0 bridgehead atoms. The molecule has 22 heavy (non-hydrogen) atoms. The summed E-state index contributed by atoms with van der Waals surface area (Å²) >= 11 is 0. The van der Waals surface area contributed by atoms with E-state index in [1.54, 1.807) is 4.90 Å². The van der Waals surface area contributed by atoms with Crippen LogP contribution in [0.3, 0.4) is 0 Å². The third-order valence-corrected chi connectivity index (χ3v) is 4.00. The van der Waals surface area contributed by atoms with E-state index in [4.69, 9.17) is 4.74 Å². The number of likely N-dealkylation sites (tertiary alicyclic amines) is 1. The zero-order valence-corrected chi connectivity index (χ0v) is 13.2. The highest BCUT2D eigenvalue weighted by atomic mass is 16.6.